The van der Waals surface area contributed by atoms with Crippen LogP contribution < -0.4 is 4.72 Å². The van der Waals surface area contributed by atoms with E-state index in [0.717, 1.165) is 25.3 Å². The Hall–Kier alpha value is -2.04. The molecule has 0 unspecified atom stereocenters. The summed E-state index contributed by atoms with van der Waals surface area (Å²) >= 11 is 0. The molecule has 1 fully saturated rings. The van der Waals surface area contributed by atoms with Crippen LogP contribution in [0, 0.1) is 18.6 Å². The molecular formula is C18H20F2N2O4S2. The molecule has 0 radical (unpaired) electrons. The van der Waals surface area contributed by atoms with Crippen LogP contribution in [0.5, 0.6) is 0 Å². The Morgan fingerprint density at radius 2 is 1.57 bits per heavy atom. The smallest absolute Gasteiger partial charge is 0.261 e. The molecule has 28 heavy (non-hydrogen) atoms. The fourth-order valence-corrected chi connectivity index (χ4v) is 5.87. The molecule has 6 nitrogen and oxygen atoms in total. The van der Waals surface area contributed by atoms with Crippen molar-refractivity contribution in [1.29, 1.82) is 0 Å². The average molecular weight is 430 g/mol. The SMILES string of the molecule is Cc1ccc(NS(=O)(=O)c2ccc(F)c(F)c2)cc1S(=O)(=O)N1CCCCC1. The number of piperidine rings is 1. The first-order chi connectivity index (χ1) is 13.1. The van der Waals surface area contributed by atoms with Gasteiger partial charge in [-0.2, -0.15) is 4.31 Å². The largest absolute Gasteiger partial charge is 0.280 e. The molecule has 2 aromatic carbocycles. The fourth-order valence-electron chi connectivity index (χ4n) is 3.04. The first-order valence-corrected chi connectivity index (χ1v) is 11.6. The van der Waals surface area contributed by atoms with Gasteiger partial charge in [0.05, 0.1) is 15.5 Å². The van der Waals surface area contributed by atoms with Crippen molar-refractivity contribution in [2.24, 2.45) is 0 Å². The van der Waals surface area contributed by atoms with Crippen LogP contribution in [0.1, 0.15) is 24.8 Å². The molecule has 1 N–H and O–H groups in total. The van der Waals surface area contributed by atoms with E-state index in [1.807, 2.05) is 0 Å². The van der Waals surface area contributed by atoms with E-state index in [1.54, 1.807) is 6.92 Å². The summed E-state index contributed by atoms with van der Waals surface area (Å²) in [6.07, 6.45) is 2.53. The first-order valence-electron chi connectivity index (χ1n) is 8.70. The molecule has 152 valence electrons. The Balaban J connectivity index is 1.93. The maximum atomic E-state index is 13.4. The molecule has 10 heteroatoms. The van der Waals surface area contributed by atoms with Crippen molar-refractivity contribution in [3.8, 4) is 0 Å². The number of aryl methyl sites for hydroxylation is 1. The maximum Gasteiger partial charge on any atom is 0.261 e. The van der Waals surface area contributed by atoms with E-state index in [0.29, 0.717) is 30.8 Å². The third-order valence-corrected chi connectivity index (χ3v) is 7.99. The minimum absolute atomic E-state index is 0.0138. The van der Waals surface area contributed by atoms with Gasteiger partial charge in [-0.05, 0) is 55.7 Å². The van der Waals surface area contributed by atoms with Gasteiger partial charge < -0.3 is 0 Å². The Labute approximate surface area is 163 Å². The highest BCUT2D eigenvalue weighted by Crippen LogP contribution is 2.27. The number of hydrogen-bond acceptors (Lipinski definition) is 4. The van der Waals surface area contributed by atoms with Crippen molar-refractivity contribution in [2.75, 3.05) is 17.8 Å². The van der Waals surface area contributed by atoms with Crippen LogP contribution in [0.25, 0.3) is 0 Å². The number of halogens is 2. The van der Waals surface area contributed by atoms with Crippen molar-refractivity contribution in [3.63, 3.8) is 0 Å². The van der Waals surface area contributed by atoms with E-state index in [9.17, 15) is 25.6 Å². The molecule has 0 bridgehead atoms. The Bertz CT molecular complexity index is 1100. The standard InChI is InChI=1S/C18H20F2N2O4S2/c1-13-5-6-14(11-18(13)28(25,26)22-9-3-2-4-10-22)21-27(23,24)15-7-8-16(19)17(20)12-15/h5-8,11-12,21H,2-4,9-10H2,1H3. The van der Waals surface area contributed by atoms with Gasteiger partial charge in [-0.15, -0.1) is 0 Å². The summed E-state index contributed by atoms with van der Waals surface area (Å²) in [4.78, 5) is -0.452. The predicted octanol–water partition coefficient (Wildman–Crippen LogP) is 3.25. The van der Waals surface area contributed by atoms with Gasteiger partial charge in [0.25, 0.3) is 10.0 Å². The summed E-state index contributed by atoms with van der Waals surface area (Å²) in [7, 11) is -7.98. The number of hydrogen-bond donors (Lipinski definition) is 1. The van der Waals surface area contributed by atoms with Crippen LogP contribution in [0.15, 0.2) is 46.2 Å². The summed E-state index contributed by atoms with van der Waals surface area (Å²) in [5.74, 6) is -2.45. The van der Waals surface area contributed by atoms with Crippen molar-refractivity contribution in [3.05, 3.63) is 53.6 Å². The molecule has 1 aliphatic heterocycles. The number of anilines is 1. The molecule has 0 atom stereocenters. The van der Waals surface area contributed by atoms with E-state index in [2.05, 4.69) is 4.72 Å². The zero-order chi connectivity index (χ0) is 20.5. The summed E-state index contributed by atoms with van der Waals surface area (Å²) in [6.45, 7) is 2.48. The lowest BCUT2D eigenvalue weighted by Crippen LogP contribution is -2.36. The lowest BCUT2D eigenvalue weighted by molar-refractivity contribution is 0.346. The van der Waals surface area contributed by atoms with Crippen molar-refractivity contribution in [2.45, 2.75) is 36.0 Å². The van der Waals surface area contributed by atoms with Gasteiger partial charge in [0.15, 0.2) is 11.6 Å². The molecule has 2 aromatic rings. The second kappa shape index (κ2) is 7.76. The van der Waals surface area contributed by atoms with Crippen molar-refractivity contribution < 1.29 is 25.6 Å². The summed E-state index contributed by atoms with van der Waals surface area (Å²) in [6, 6.07) is 6.38. The molecule has 0 aliphatic carbocycles. The number of rotatable bonds is 5. The third kappa shape index (κ3) is 4.18. The van der Waals surface area contributed by atoms with Gasteiger partial charge in [-0.25, -0.2) is 25.6 Å². The second-order valence-electron chi connectivity index (χ2n) is 6.63. The zero-order valence-corrected chi connectivity index (χ0v) is 16.8. The highest BCUT2D eigenvalue weighted by atomic mass is 32.2. The summed E-state index contributed by atoms with van der Waals surface area (Å²) in [5.41, 5.74) is 0.507. The molecule has 1 aliphatic rings. The molecule has 1 saturated heterocycles. The topological polar surface area (TPSA) is 83.5 Å². The highest BCUT2D eigenvalue weighted by Gasteiger charge is 2.28. The maximum absolute atomic E-state index is 13.4. The van der Waals surface area contributed by atoms with Gasteiger partial charge in [0.2, 0.25) is 10.0 Å². The Morgan fingerprint density at radius 1 is 0.893 bits per heavy atom. The van der Waals surface area contributed by atoms with E-state index < -0.39 is 36.6 Å². The third-order valence-electron chi connectivity index (χ3n) is 4.57. The van der Waals surface area contributed by atoms with Gasteiger partial charge in [-0.3, -0.25) is 4.72 Å². The Morgan fingerprint density at radius 3 is 2.21 bits per heavy atom. The highest BCUT2D eigenvalue weighted by molar-refractivity contribution is 7.92. The van der Waals surface area contributed by atoms with Crippen LogP contribution in [0.3, 0.4) is 0 Å². The first kappa shape index (κ1) is 20.7. The van der Waals surface area contributed by atoms with Crippen LogP contribution in [0.4, 0.5) is 14.5 Å². The fraction of sp³-hybridized carbons (Fsp3) is 0.333. The van der Waals surface area contributed by atoms with Crippen LogP contribution in [0.2, 0.25) is 0 Å². The molecular weight excluding hydrogens is 410 g/mol. The van der Waals surface area contributed by atoms with Crippen LogP contribution in [-0.4, -0.2) is 34.2 Å². The minimum atomic E-state index is -4.22. The predicted molar refractivity (Wildman–Crippen MR) is 101 cm³/mol. The summed E-state index contributed by atoms with van der Waals surface area (Å²) < 4.78 is 80.8. The molecule has 0 amide bonds. The van der Waals surface area contributed by atoms with Crippen molar-refractivity contribution >= 4 is 25.7 Å². The van der Waals surface area contributed by atoms with Crippen LogP contribution >= 0.6 is 0 Å². The lowest BCUT2D eigenvalue weighted by Gasteiger charge is -2.26. The normalized spacial score (nSPS) is 16.1. The van der Waals surface area contributed by atoms with Crippen LogP contribution in [-0.2, 0) is 20.0 Å². The Kier molecular flexibility index (Phi) is 5.74. The van der Waals surface area contributed by atoms with Crippen molar-refractivity contribution in [1.82, 2.24) is 4.31 Å². The second-order valence-corrected chi connectivity index (χ2v) is 10.2. The van der Waals surface area contributed by atoms with Gasteiger partial charge in [-0.1, -0.05) is 12.5 Å². The monoisotopic (exact) mass is 430 g/mol. The molecule has 0 saturated carbocycles. The van der Waals surface area contributed by atoms with E-state index >= 15 is 0 Å². The number of benzene rings is 2. The lowest BCUT2D eigenvalue weighted by atomic mass is 10.2. The number of sulfonamides is 2. The molecule has 0 aromatic heterocycles. The van der Waals surface area contributed by atoms with Gasteiger partial charge >= 0.3 is 0 Å². The summed E-state index contributed by atoms with van der Waals surface area (Å²) in [5, 5.41) is 0. The quantitative estimate of drug-likeness (QED) is 0.789. The molecule has 3 rings (SSSR count). The molecule has 0 spiro atoms. The van der Waals surface area contributed by atoms with E-state index in [1.165, 1.54) is 22.5 Å². The van der Waals surface area contributed by atoms with E-state index in [-0.39, 0.29) is 10.6 Å². The number of nitrogens with one attached hydrogen (secondary N) is 1. The van der Waals surface area contributed by atoms with E-state index in [4.69, 9.17) is 0 Å². The minimum Gasteiger partial charge on any atom is -0.280 e. The van der Waals surface area contributed by atoms with Gasteiger partial charge in [0.1, 0.15) is 0 Å². The number of nitrogens with zero attached hydrogens (tertiary/aromatic N) is 1. The average Bonchev–Trinajstić information content (AvgIpc) is 2.66. The molecule has 1 heterocycles. The zero-order valence-electron chi connectivity index (χ0n) is 15.2. The van der Waals surface area contributed by atoms with Gasteiger partial charge in [0, 0.05) is 13.1 Å².